The van der Waals surface area contributed by atoms with Crippen molar-refractivity contribution < 1.29 is 4.79 Å². The lowest BCUT2D eigenvalue weighted by atomic mass is 10.0. The standard InChI is InChI=1S/C10H18N2O/c11-8-5-6-10(13)12(7-8)9-3-1-2-4-9/h8-9H,1-7,11H2. The monoisotopic (exact) mass is 182 g/mol. The molecule has 2 aliphatic rings. The zero-order valence-electron chi connectivity index (χ0n) is 8.04. The molecule has 2 fully saturated rings. The fraction of sp³-hybridized carbons (Fsp3) is 0.900. The Labute approximate surface area is 79.3 Å². The Morgan fingerprint density at radius 2 is 1.92 bits per heavy atom. The predicted octanol–water partition coefficient (Wildman–Crippen LogP) is 0.879. The maximum absolute atomic E-state index is 11.6. The molecule has 1 saturated carbocycles. The topological polar surface area (TPSA) is 46.3 Å². The van der Waals surface area contributed by atoms with Gasteiger partial charge < -0.3 is 10.6 Å². The molecule has 1 aliphatic carbocycles. The van der Waals surface area contributed by atoms with E-state index in [-0.39, 0.29) is 6.04 Å². The molecule has 2 N–H and O–H groups in total. The van der Waals surface area contributed by atoms with Crippen molar-refractivity contribution in [2.45, 2.75) is 50.6 Å². The Morgan fingerprint density at radius 1 is 1.23 bits per heavy atom. The van der Waals surface area contributed by atoms with Crippen molar-refractivity contribution in [1.82, 2.24) is 4.90 Å². The van der Waals surface area contributed by atoms with Gasteiger partial charge in [-0.2, -0.15) is 0 Å². The maximum Gasteiger partial charge on any atom is 0.222 e. The zero-order chi connectivity index (χ0) is 9.26. The van der Waals surface area contributed by atoms with Crippen molar-refractivity contribution in [2.75, 3.05) is 6.54 Å². The Bertz CT molecular complexity index is 199. The first kappa shape index (κ1) is 9.00. The molecule has 1 saturated heterocycles. The predicted molar refractivity (Wildman–Crippen MR) is 51.2 cm³/mol. The van der Waals surface area contributed by atoms with Crippen molar-refractivity contribution in [1.29, 1.82) is 0 Å². The molecule has 1 aliphatic heterocycles. The van der Waals surface area contributed by atoms with Crippen LogP contribution in [0.4, 0.5) is 0 Å². The van der Waals surface area contributed by atoms with E-state index in [1.165, 1.54) is 25.7 Å². The van der Waals surface area contributed by atoms with Crippen molar-refractivity contribution >= 4 is 5.91 Å². The summed E-state index contributed by atoms with van der Waals surface area (Å²) in [5, 5.41) is 0. The third kappa shape index (κ3) is 1.85. The summed E-state index contributed by atoms with van der Waals surface area (Å²) < 4.78 is 0. The van der Waals surface area contributed by atoms with Gasteiger partial charge in [0.05, 0.1) is 0 Å². The highest BCUT2D eigenvalue weighted by molar-refractivity contribution is 5.77. The second kappa shape index (κ2) is 3.66. The lowest BCUT2D eigenvalue weighted by Crippen LogP contribution is -2.50. The molecule has 0 spiro atoms. The van der Waals surface area contributed by atoms with E-state index >= 15 is 0 Å². The zero-order valence-corrected chi connectivity index (χ0v) is 8.04. The molecule has 0 aromatic rings. The summed E-state index contributed by atoms with van der Waals surface area (Å²) in [6.45, 7) is 0.795. The first-order chi connectivity index (χ1) is 6.27. The van der Waals surface area contributed by atoms with E-state index in [0.29, 0.717) is 18.4 Å². The molecule has 1 heterocycles. The molecular formula is C10H18N2O. The van der Waals surface area contributed by atoms with Gasteiger partial charge >= 0.3 is 0 Å². The molecule has 2 rings (SSSR count). The number of likely N-dealkylation sites (tertiary alicyclic amines) is 1. The SMILES string of the molecule is NC1CCC(=O)N(C2CCCC2)C1. The molecule has 1 amide bonds. The number of hydrogen-bond donors (Lipinski definition) is 1. The van der Waals surface area contributed by atoms with Crippen LogP contribution < -0.4 is 5.73 Å². The van der Waals surface area contributed by atoms with Gasteiger partial charge in [0.2, 0.25) is 5.91 Å². The lowest BCUT2D eigenvalue weighted by molar-refractivity contribution is -0.136. The van der Waals surface area contributed by atoms with Crippen LogP contribution in [0, 0.1) is 0 Å². The largest absolute Gasteiger partial charge is 0.338 e. The highest BCUT2D eigenvalue weighted by Crippen LogP contribution is 2.26. The van der Waals surface area contributed by atoms with Crippen LogP contribution in [0.3, 0.4) is 0 Å². The molecule has 3 heteroatoms. The summed E-state index contributed by atoms with van der Waals surface area (Å²) in [5.74, 6) is 0.327. The lowest BCUT2D eigenvalue weighted by Gasteiger charge is -2.35. The van der Waals surface area contributed by atoms with Crippen LogP contribution in [0.5, 0.6) is 0 Å². The quantitative estimate of drug-likeness (QED) is 0.654. The Morgan fingerprint density at radius 3 is 2.62 bits per heavy atom. The van der Waals surface area contributed by atoms with E-state index in [9.17, 15) is 4.79 Å². The van der Waals surface area contributed by atoms with Crippen molar-refractivity contribution in [3.05, 3.63) is 0 Å². The van der Waals surface area contributed by atoms with Crippen molar-refractivity contribution in [3.8, 4) is 0 Å². The first-order valence-corrected chi connectivity index (χ1v) is 5.32. The molecule has 0 radical (unpaired) electrons. The van der Waals surface area contributed by atoms with Gasteiger partial charge in [0.1, 0.15) is 0 Å². The van der Waals surface area contributed by atoms with E-state index in [2.05, 4.69) is 0 Å². The van der Waals surface area contributed by atoms with Crippen LogP contribution in [-0.2, 0) is 4.79 Å². The second-order valence-electron chi connectivity index (χ2n) is 4.28. The van der Waals surface area contributed by atoms with Crippen LogP contribution >= 0.6 is 0 Å². The summed E-state index contributed by atoms with van der Waals surface area (Å²) >= 11 is 0. The van der Waals surface area contributed by atoms with Gasteiger partial charge in [-0.15, -0.1) is 0 Å². The first-order valence-electron chi connectivity index (χ1n) is 5.32. The minimum atomic E-state index is 0.221. The van der Waals surface area contributed by atoms with Crippen molar-refractivity contribution in [2.24, 2.45) is 5.73 Å². The average molecular weight is 182 g/mol. The van der Waals surface area contributed by atoms with Gasteiger partial charge in [-0.25, -0.2) is 0 Å². The van der Waals surface area contributed by atoms with Crippen LogP contribution in [-0.4, -0.2) is 29.4 Å². The summed E-state index contributed by atoms with van der Waals surface area (Å²) in [7, 11) is 0. The van der Waals surface area contributed by atoms with E-state index in [1.54, 1.807) is 0 Å². The summed E-state index contributed by atoms with van der Waals surface area (Å²) in [6.07, 6.45) is 6.49. The van der Waals surface area contributed by atoms with Gasteiger partial charge in [0, 0.05) is 25.0 Å². The maximum atomic E-state index is 11.6. The van der Waals surface area contributed by atoms with Gasteiger partial charge in [-0.1, -0.05) is 12.8 Å². The van der Waals surface area contributed by atoms with Gasteiger partial charge in [0.15, 0.2) is 0 Å². The smallest absolute Gasteiger partial charge is 0.222 e. The van der Waals surface area contributed by atoms with Crippen LogP contribution in [0.15, 0.2) is 0 Å². The number of amides is 1. The molecule has 1 atom stereocenters. The molecule has 13 heavy (non-hydrogen) atoms. The van der Waals surface area contributed by atoms with Gasteiger partial charge in [-0.3, -0.25) is 4.79 Å². The molecule has 3 nitrogen and oxygen atoms in total. The highest BCUT2D eigenvalue weighted by Gasteiger charge is 2.30. The van der Waals surface area contributed by atoms with Crippen molar-refractivity contribution in [3.63, 3.8) is 0 Å². The Balaban J connectivity index is 1.98. The summed E-state index contributed by atoms with van der Waals surface area (Å²) in [5.41, 5.74) is 5.86. The fourth-order valence-electron chi connectivity index (χ4n) is 2.47. The molecule has 0 aromatic carbocycles. The van der Waals surface area contributed by atoms with E-state index in [1.807, 2.05) is 4.90 Å². The molecular weight excluding hydrogens is 164 g/mol. The number of rotatable bonds is 1. The van der Waals surface area contributed by atoms with Gasteiger partial charge in [-0.05, 0) is 19.3 Å². The normalized spacial score (nSPS) is 31.3. The average Bonchev–Trinajstić information content (AvgIpc) is 2.61. The third-order valence-electron chi connectivity index (χ3n) is 3.25. The Kier molecular flexibility index (Phi) is 2.54. The summed E-state index contributed by atoms with van der Waals surface area (Å²) in [4.78, 5) is 13.6. The number of piperidine rings is 1. The number of nitrogens with zero attached hydrogens (tertiary/aromatic N) is 1. The minimum absolute atomic E-state index is 0.221. The van der Waals surface area contributed by atoms with E-state index in [4.69, 9.17) is 5.73 Å². The fourth-order valence-corrected chi connectivity index (χ4v) is 2.47. The third-order valence-corrected chi connectivity index (χ3v) is 3.25. The summed E-state index contributed by atoms with van der Waals surface area (Å²) in [6, 6.07) is 0.733. The van der Waals surface area contributed by atoms with Gasteiger partial charge in [0.25, 0.3) is 0 Å². The molecule has 0 aromatic heterocycles. The second-order valence-corrected chi connectivity index (χ2v) is 4.28. The number of nitrogens with two attached hydrogens (primary N) is 1. The minimum Gasteiger partial charge on any atom is -0.338 e. The van der Waals surface area contributed by atoms with Crippen LogP contribution in [0.1, 0.15) is 38.5 Å². The molecule has 74 valence electrons. The molecule has 1 unspecified atom stereocenters. The number of hydrogen-bond acceptors (Lipinski definition) is 2. The Hall–Kier alpha value is -0.570. The van der Waals surface area contributed by atoms with Crippen LogP contribution in [0.25, 0.3) is 0 Å². The highest BCUT2D eigenvalue weighted by atomic mass is 16.2. The number of carbonyl (C=O) groups excluding carboxylic acids is 1. The number of carbonyl (C=O) groups is 1. The van der Waals surface area contributed by atoms with E-state index < -0.39 is 0 Å². The van der Waals surface area contributed by atoms with Crippen LogP contribution in [0.2, 0.25) is 0 Å². The van der Waals surface area contributed by atoms with E-state index in [0.717, 1.165) is 13.0 Å². The molecule has 0 bridgehead atoms.